The quantitative estimate of drug-likeness (QED) is 0.428. The molecule has 3 aromatic rings. The highest BCUT2D eigenvalue weighted by Gasteiger charge is 2.41. The van der Waals surface area contributed by atoms with Gasteiger partial charge in [-0.3, -0.25) is 9.78 Å². The van der Waals surface area contributed by atoms with Crippen LogP contribution in [0.3, 0.4) is 0 Å². The van der Waals surface area contributed by atoms with E-state index in [1.165, 1.54) is 36.4 Å². The van der Waals surface area contributed by atoms with Crippen LogP contribution in [-0.4, -0.2) is 10.9 Å². The fraction of sp³-hybridized carbons (Fsp3) is 0.240. The molecule has 4 nitrogen and oxygen atoms in total. The van der Waals surface area contributed by atoms with Crippen LogP contribution in [0.1, 0.15) is 52.0 Å². The number of rotatable bonds is 4. The van der Waals surface area contributed by atoms with Crippen molar-refractivity contribution in [3.63, 3.8) is 0 Å². The molecule has 1 aromatic heterocycles. The van der Waals surface area contributed by atoms with Gasteiger partial charge in [-0.2, -0.15) is 31.6 Å². The zero-order valence-corrected chi connectivity index (χ0v) is 18.0. The van der Waals surface area contributed by atoms with Gasteiger partial charge < -0.3 is 5.32 Å². The Hall–Kier alpha value is -3.87. The maximum atomic E-state index is 13.5. The number of nitrogens with zero attached hydrogens (tertiary/aromatic N) is 2. The van der Waals surface area contributed by atoms with Gasteiger partial charge in [0.05, 0.1) is 22.7 Å². The monoisotopic (exact) mass is 489 g/mol. The molecule has 0 unspecified atom stereocenters. The van der Waals surface area contributed by atoms with Crippen molar-refractivity contribution in [2.24, 2.45) is 0 Å². The molecule has 0 spiro atoms. The summed E-state index contributed by atoms with van der Waals surface area (Å²) < 4.78 is 79.3. The number of halogens is 6. The standard InChI is InChI=1S/C25H17F6N3O/c26-24(27,28)20-12-21(25(29,30)31)33-14-19(20)16-6-8-18(9-7-16)23(10-1-11-23)34-22(35)17-4-2-15(13-32)3-5-17/h2-9,12,14H,1,10-11H2,(H,34,35). The molecule has 1 aliphatic carbocycles. The van der Waals surface area contributed by atoms with E-state index in [0.29, 0.717) is 35.7 Å². The number of benzene rings is 2. The van der Waals surface area contributed by atoms with Crippen molar-refractivity contribution >= 4 is 5.91 Å². The molecule has 1 amide bonds. The highest BCUT2D eigenvalue weighted by atomic mass is 19.4. The Bertz CT molecular complexity index is 1290. The van der Waals surface area contributed by atoms with Gasteiger partial charge in [0.25, 0.3) is 5.91 Å². The normalized spacial score (nSPS) is 15.1. The topological polar surface area (TPSA) is 65.8 Å². The number of nitrogens with one attached hydrogen (secondary N) is 1. The van der Waals surface area contributed by atoms with Gasteiger partial charge in [-0.25, -0.2) is 0 Å². The summed E-state index contributed by atoms with van der Waals surface area (Å²) in [6.07, 6.45) is -7.38. The third-order valence-corrected chi connectivity index (χ3v) is 6.08. The Morgan fingerprint density at radius 3 is 2.06 bits per heavy atom. The van der Waals surface area contributed by atoms with Crippen LogP contribution in [-0.2, 0) is 17.9 Å². The molecule has 0 aliphatic heterocycles. The number of carbonyl (C=O) groups is 1. The Kier molecular flexibility index (Phi) is 6.05. The first-order valence-corrected chi connectivity index (χ1v) is 10.5. The first kappa shape index (κ1) is 24.3. The van der Waals surface area contributed by atoms with Crippen LogP contribution >= 0.6 is 0 Å². The fourth-order valence-electron chi connectivity index (χ4n) is 4.05. The molecule has 0 radical (unpaired) electrons. The van der Waals surface area contributed by atoms with Crippen molar-refractivity contribution in [1.82, 2.24) is 10.3 Å². The van der Waals surface area contributed by atoms with Crippen LogP contribution in [0.5, 0.6) is 0 Å². The van der Waals surface area contributed by atoms with Crippen molar-refractivity contribution in [3.05, 3.63) is 88.7 Å². The van der Waals surface area contributed by atoms with E-state index in [1.54, 1.807) is 12.1 Å². The number of pyridine rings is 1. The van der Waals surface area contributed by atoms with Crippen molar-refractivity contribution in [3.8, 4) is 17.2 Å². The van der Waals surface area contributed by atoms with Gasteiger partial charge in [0.1, 0.15) is 5.69 Å². The molecule has 0 saturated heterocycles. The molecule has 35 heavy (non-hydrogen) atoms. The molecule has 180 valence electrons. The summed E-state index contributed by atoms with van der Waals surface area (Å²) >= 11 is 0. The summed E-state index contributed by atoms with van der Waals surface area (Å²) in [5, 5.41) is 11.9. The number of aromatic nitrogens is 1. The van der Waals surface area contributed by atoms with E-state index in [9.17, 15) is 31.1 Å². The zero-order valence-electron chi connectivity index (χ0n) is 18.0. The molecule has 1 fully saturated rings. The van der Waals surface area contributed by atoms with E-state index >= 15 is 0 Å². The second-order valence-corrected chi connectivity index (χ2v) is 8.27. The van der Waals surface area contributed by atoms with E-state index in [2.05, 4.69) is 10.3 Å². The lowest BCUT2D eigenvalue weighted by Crippen LogP contribution is -2.50. The van der Waals surface area contributed by atoms with Gasteiger partial charge in [0.15, 0.2) is 0 Å². The number of alkyl halides is 6. The van der Waals surface area contributed by atoms with Crippen molar-refractivity contribution < 1.29 is 31.1 Å². The Labute approximate surface area is 196 Å². The SMILES string of the molecule is N#Cc1ccc(C(=O)NC2(c3ccc(-c4cnc(C(F)(F)F)cc4C(F)(F)F)cc3)CCC2)cc1. The van der Waals surface area contributed by atoms with Crippen molar-refractivity contribution in [1.29, 1.82) is 5.26 Å². The lowest BCUT2D eigenvalue weighted by Gasteiger charge is -2.43. The van der Waals surface area contributed by atoms with Gasteiger partial charge >= 0.3 is 12.4 Å². The highest BCUT2D eigenvalue weighted by Crippen LogP contribution is 2.43. The second-order valence-electron chi connectivity index (χ2n) is 8.27. The van der Waals surface area contributed by atoms with Crippen molar-refractivity contribution in [2.45, 2.75) is 37.2 Å². The van der Waals surface area contributed by atoms with Crippen molar-refractivity contribution in [2.75, 3.05) is 0 Å². The summed E-state index contributed by atoms with van der Waals surface area (Å²) in [5.74, 6) is -0.357. The number of carbonyl (C=O) groups excluding carboxylic acids is 1. The van der Waals surface area contributed by atoms with Crippen LogP contribution in [0.2, 0.25) is 0 Å². The predicted octanol–water partition coefficient (Wildman–Crippen LogP) is 6.47. The molecule has 2 aromatic carbocycles. The van der Waals surface area contributed by atoms with E-state index in [-0.39, 0.29) is 17.5 Å². The second kappa shape index (κ2) is 8.73. The van der Waals surface area contributed by atoms with Gasteiger partial charge in [0, 0.05) is 17.3 Å². The lowest BCUT2D eigenvalue weighted by atomic mass is 9.71. The number of hydrogen-bond acceptors (Lipinski definition) is 3. The largest absolute Gasteiger partial charge is 0.433 e. The van der Waals surface area contributed by atoms with E-state index in [4.69, 9.17) is 5.26 Å². The minimum absolute atomic E-state index is 0.00841. The third-order valence-electron chi connectivity index (χ3n) is 6.08. The van der Waals surface area contributed by atoms with E-state index in [0.717, 1.165) is 6.42 Å². The smallest absolute Gasteiger partial charge is 0.343 e. The molecule has 0 atom stereocenters. The molecular formula is C25H17F6N3O. The van der Waals surface area contributed by atoms with Gasteiger partial charge in [-0.1, -0.05) is 24.3 Å². The van der Waals surface area contributed by atoms with Gasteiger partial charge in [0.2, 0.25) is 0 Å². The van der Waals surface area contributed by atoms with Crippen LogP contribution in [0.25, 0.3) is 11.1 Å². The molecule has 0 bridgehead atoms. The Morgan fingerprint density at radius 2 is 1.57 bits per heavy atom. The summed E-state index contributed by atoms with van der Waals surface area (Å²) in [7, 11) is 0. The molecule has 1 saturated carbocycles. The maximum Gasteiger partial charge on any atom is 0.433 e. The average Bonchev–Trinajstić information content (AvgIpc) is 2.80. The highest BCUT2D eigenvalue weighted by molar-refractivity contribution is 5.95. The lowest BCUT2D eigenvalue weighted by molar-refractivity contribution is -0.145. The number of nitriles is 1. The molecule has 4 rings (SSSR count). The molecular weight excluding hydrogens is 472 g/mol. The summed E-state index contributed by atoms with van der Waals surface area (Å²) in [4.78, 5) is 15.9. The minimum atomic E-state index is -5.01. The third kappa shape index (κ3) is 4.85. The van der Waals surface area contributed by atoms with Gasteiger partial charge in [-0.15, -0.1) is 0 Å². The fourth-order valence-corrected chi connectivity index (χ4v) is 4.05. The van der Waals surface area contributed by atoms with Crippen LogP contribution < -0.4 is 5.32 Å². The summed E-state index contributed by atoms with van der Waals surface area (Å²) in [6, 6.07) is 14.0. The average molecular weight is 489 g/mol. The van der Waals surface area contributed by atoms with E-state index < -0.39 is 34.7 Å². The minimum Gasteiger partial charge on any atom is -0.343 e. The van der Waals surface area contributed by atoms with E-state index in [1.807, 2.05) is 6.07 Å². The van der Waals surface area contributed by atoms with Gasteiger partial charge in [-0.05, 0) is 60.7 Å². The summed E-state index contributed by atoms with van der Waals surface area (Å²) in [5.41, 5.74) is -2.75. The Morgan fingerprint density at radius 1 is 0.943 bits per heavy atom. The first-order chi connectivity index (χ1) is 16.4. The van der Waals surface area contributed by atoms with Crippen LogP contribution in [0, 0.1) is 11.3 Å². The molecule has 10 heteroatoms. The number of hydrogen-bond donors (Lipinski definition) is 1. The predicted molar refractivity (Wildman–Crippen MR) is 114 cm³/mol. The number of amides is 1. The molecule has 1 aliphatic rings. The first-order valence-electron chi connectivity index (χ1n) is 10.5. The summed E-state index contributed by atoms with van der Waals surface area (Å²) in [6.45, 7) is 0. The maximum absolute atomic E-state index is 13.5. The molecule has 1 N–H and O–H groups in total. The van der Waals surface area contributed by atoms with Crippen LogP contribution in [0.15, 0.2) is 60.8 Å². The van der Waals surface area contributed by atoms with Crippen LogP contribution in [0.4, 0.5) is 26.3 Å². The Balaban J connectivity index is 1.63. The zero-order chi connectivity index (χ0) is 25.4. The molecule has 1 heterocycles.